The van der Waals surface area contributed by atoms with Crippen LogP contribution in [0.5, 0.6) is 0 Å². The molecule has 1 unspecified atom stereocenters. The predicted octanol–water partition coefficient (Wildman–Crippen LogP) is 2.65. The van der Waals surface area contributed by atoms with Gasteiger partial charge in [-0.15, -0.1) is 0 Å². The van der Waals surface area contributed by atoms with E-state index in [9.17, 15) is 4.79 Å². The van der Waals surface area contributed by atoms with Gasteiger partial charge in [-0.2, -0.15) is 0 Å². The molecule has 0 fully saturated rings. The van der Waals surface area contributed by atoms with Crippen molar-refractivity contribution in [1.82, 2.24) is 5.32 Å². The summed E-state index contributed by atoms with van der Waals surface area (Å²) >= 11 is 0. The average Bonchev–Trinajstić information content (AvgIpc) is 2.72. The first-order valence-corrected chi connectivity index (χ1v) is 5.72. The van der Waals surface area contributed by atoms with Crippen LogP contribution in [0.25, 0.3) is 0 Å². The van der Waals surface area contributed by atoms with Crippen LogP contribution < -0.4 is 5.32 Å². The molecule has 0 aliphatic carbocycles. The van der Waals surface area contributed by atoms with Crippen LogP contribution in [0.2, 0.25) is 0 Å². The molecule has 16 heavy (non-hydrogen) atoms. The monoisotopic (exact) mass is 225 g/mol. The fourth-order valence-corrected chi connectivity index (χ4v) is 1.72. The Morgan fingerprint density at radius 3 is 2.88 bits per heavy atom. The molecule has 0 amide bonds. The number of carboxylic acids is 1. The van der Waals surface area contributed by atoms with Crippen molar-refractivity contribution in [3.63, 3.8) is 0 Å². The van der Waals surface area contributed by atoms with Crippen molar-refractivity contribution in [1.29, 1.82) is 0 Å². The zero-order valence-electron chi connectivity index (χ0n) is 9.82. The maximum Gasteiger partial charge on any atom is 0.372 e. The smallest absolute Gasteiger partial charge is 0.372 e. The van der Waals surface area contributed by atoms with Crippen LogP contribution >= 0.6 is 0 Å². The summed E-state index contributed by atoms with van der Waals surface area (Å²) in [6.07, 6.45) is 4.70. The molecule has 0 aliphatic heterocycles. The lowest BCUT2D eigenvalue weighted by atomic mass is 10.1. The van der Waals surface area contributed by atoms with Gasteiger partial charge in [0.1, 0.15) is 0 Å². The van der Waals surface area contributed by atoms with Crippen LogP contribution in [-0.2, 0) is 6.54 Å². The second kappa shape index (κ2) is 6.33. The number of furan rings is 1. The van der Waals surface area contributed by atoms with E-state index >= 15 is 0 Å². The maximum absolute atomic E-state index is 10.8. The molecule has 0 saturated heterocycles. The third-order valence-electron chi connectivity index (χ3n) is 2.65. The fraction of sp³-hybridized carbons (Fsp3) is 0.583. The van der Waals surface area contributed by atoms with Crippen molar-refractivity contribution in [3.8, 4) is 0 Å². The summed E-state index contributed by atoms with van der Waals surface area (Å²) in [7, 11) is 0. The van der Waals surface area contributed by atoms with Gasteiger partial charge in [-0.3, -0.25) is 0 Å². The molecule has 4 nitrogen and oxygen atoms in total. The molecule has 90 valence electrons. The second-order valence-electron chi connectivity index (χ2n) is 3.85. The van der Waals surface area contributed by atoms with Crippen molar-refractivity contribution in [3.05, 3.63) is 23.7 Å². The highest BCUT2D eigenvalue weighted by Crippen LogP contribution is 2.11. The molecule has 0 bridgehead atoms. The van der Waals surface area contributed by atoms with Crippen molar-refractivity contribution >= 4 is 5.97 Å². The standard InChI is InChI=1S/C12H19NO3/c1-3-5-10(4-2)13-8-9-6-7-16-11(9)12(14)15/h6-7,10,13H,3-5,8H2,1-2H3,(H,14,15). The number of hydrogen-bond donors (Lipinski definition) is 2. The first-order chi connectivity index (χ1) is 7.69. The molecule has 1 heterocycles. The number of carbonyl (C=O) groups is 1. The van der Waals surface area contributed by atoms with Gasteiger partial charge in [0.05, 0.1) is 6.26 Å². The molecule has 2 N–H and O–H groups in total. The van der Waals surface area contributed by atoms with E-state index < -0.39 is 5.97 Å². The molecule has 0 aromatic carbocycles. The van der Waals surface area contributed by atoms with E-state index in [1.165, 1.54) is 6.26 Å². The summed E-state index contributed by atoms with van der Waals surface area (Å²) in [6.45, 7) is 4.82. The molecular formula is C12H19NO3. The molecule has 0 aliphatic rings. The van der Waals surface area contributed by atoms with Crippen molar-refractivity contribution in [2.45, 2.75) is 45.7 Å². The molecular weight excluding hydrogens is 206 g/mol. The minimum absolute atomic E-state index is 0.0406. The van der Waals surface area contributed by atoms with E-state index in [1.54, 1.807) is 6.07 Å². The zero-order chi connectivity index (χ0) is 12.0. The summed E-state index contributed by atoms with van der Waals surface area (Å²) in [4.78, 5) is 10.8. The van der Waals surface area contributed by atoms with Crippen LogP contribution in [0, 0.1) is 0 Å². The Balaban J connectivity index is 2.53. The third kappa shape index (κ3) is 3.38. The Morgan fingerprint density at radius 2 is 2.31 bits per heavy atom. The fourth-order valence-electron chi connectivity index (χ4n) is 1.72. The van der Waals surface area contributed by atoms with Crippen molar-refractivity contribution in [2.75, 3.05) is 0 Å². The Hall–Kier alpha value is -1.29. The molecule has 1 aromatic heterocycles. The quantitative estimate of drug-likeness (QED) is 0.748. The van der Waals surface area contributed by atoms with E-state index in [4.69, 9.17) is 9.52 Å². The van der Waals surface area contributed by atoms with Gasteiger partial charge in [0.25, 0.3) is 0 Å². The second-order valence-corrected chi connectivity index (χ2v) is 3.85. The van der Waals surface area contributed by atoms with Crippen LogP contribution in [0.3, 0.4) is 0 Å². The zero-order valence-corrected chi connectivity index (χ0v) is 9.82. The Bertz CT molecular complexity index is 333. The number of rotatable bonds is 7. The molecule has 4 heteroatoms. The lowest BCUT2D eigenvalue weighted by molar-refractivity contribution is 0.0660. The van der Waals surface area contributed by atoms with Gasteiger partial charge in [-0.1, -0.05) is 20.3 Å². The van der Waals surface area contributed by atoms with Gasteiger partial charge in [0.15, 0.2) is 0 Å². The van der Waals surface area contributed by atoms with E-state index in [1.807, 2.05) is 0 Å². The first kappa shape index (κ1) is 12.8. The number of nitrogens with one attached hydrogen (secondary N) is 1. The largest absolute Gasteiger partial charge is 0.475 e. The summed E-state index contributed by atoms with van der Waals surface area (Å²) < 4.78 is 4.91. The van der Waals surface area contributed by atoms with E-state index in [0.717, 1.165) is 19.3 Å². The van der Waals surface area contributed by atoms with Crippen LogP contribution in [0.15, 0.2) is 16.7 Å². The van der Waals surface area contributed by atoms with Crippen LogP contribution in [0.1, 0.15) is 49.2 Å². The van der Waals surface area contributed by atoms with E-state index in [-0.39, 0.29) is 5.76 Å². The van der Waals surface area contributed by atoms with Crippen molar-refractivity contribution < 1.29 is 14.3 Å². The highest BCUT2D eigenvalue weighted by Gasteiger charge is 2.14. The number of aromatic carboxylic acids is 1. The van der Waals surface area contributed by atoms with Gasteiger partial charge in [-0.05, 0) is 18.9 Å². The molecule has 1 rings (SSSR count). The highest BCUT2D eigenvalue weighted by molar-refractivity contribution is 5.86. The lowest BCUT2D eigenvalue weighted by Crippen LogP contribution is -2.28. The lowest BCUT2D eigenvalue weighted by Gasteiger charge is -2.15. The van der Waals surface area contributed by atoms with Gasteiger partial charge < -0.3 is 14.8 Å². The van der Waals surface area contributed by atoms with E-state index in [0.29, 0.717) is 18.2 Å². The normalized spacial score (nSPS) is 12.6. The van der Waals surface area contributed by atoms with Gasteiger partial charge in [0.2, 0.25) is 5.76 Å². The Kier molecular flexibility index (Phi) is 5.05. The Morgan fingerprint density at radius 1 is 1.56 bits per heavy atom. The molecule has 0 saturated carbocycles. The Labute approximate surface area is 95.7 Å². The maximum atomic E-state index is 10.8. The number of hydrogen-bond acceptors (Lipinski definition) is 3. The predicted molar refractivity (Wildman–Crippen MR) is 61.5 cm³/mol. The minimum Gasteiger partial charge on any atom is -0.475 e. The summed E-state index contributed by atoms with van der Waals surface area (Å²) in [5.41, 5.74) is 0.710. The topological polar surface area (TPSA) is 62.5 Å². The first-order valence-electron chi connectivity index (χ1n) is 5.72. The SMILES string of the molecule is CCCC(CC)NCc1ccoc1C(=O)O. The van der Waals surface area contributed by atoms with Crippen molar-refractivity contribution in [2.24, 2.45) is 0 Å². The molecule has 0 spiro atoms. The molecule has 1 atom stereocenters. The molecule has 0 radical (unpaired) electrons. The summed E-state index contributed by atoms with van der Waals surface area (Å²) in [5, 5.41) is 12.2. The van der Waals surface area contributed by atoms with Gasteiger partial charge >= 0.3 is 5.97 Å². The minimum atomic E-state index is -1.01. The molecule has 1 aromatic rings. The third-order valence-corrected chi connectivity index (χ3v) is 2.65. The van der Waals surface area contributed by atoms with E-state index in [2.05, 4.69) is 19.2 Å². The van der Waals surface area contributed by atoms with Crippen LogP contribution in [0.4, 0.5) is 0 Å². The summed E-state index contributed by atoms with van der Waals surface area (Å²) in [5.74, 6) is -0.968. The summed E-state index contributed by atoms with van der Waals surface area (Å²) in [6, 6.07) is 2.15. The van der Waals surface area contributed by atoms with Gasteiger partial charge in [-0.25, -0.2) is 4.79 Å². The number of carboxylic acid groups (broad SMARTS) is 1. The van der Waals surface area contributed by atoms with Gasteiger partial charge in [0, 0.05) is 18.2 Å². The van der Waals surface area contributed by atoms with Crippen LogP contribution in [-0.4, -0.2) is 17.1 Å². The average molecular weight is 225 g/mol. The highest BCUT2D eigenvalue weighted by atomic mass is 16.4.